The standard InChI is InChI=1S/C18H23N3O3S.ClH/c1-10(21-18(23)15-7-13(22)8-19-15)14-5-4-12(6-16(14)24-3)17-11(2)20-9-25-17;/h4-6,9-10,13,15,19,22H,7-8H2,1-3H3,(H,21,23);1H/t10-,13+,15-;/m0./s1. The van der Waals surface area contributed by atoms with Gasteiger partial charge in [0, 0.05) is 12.1 Å². The van der Waals surface area contributed by atoms with Crippen LogP contribution < -0.4 is 15.4 Å². The molecule has 0 spiro atoms. The molecular weight excluding hydrogens is 374 g/mol. The zero-order valence-electron chi connectivity index (χ0n) is 15.0. The molecule has 1 aromatic heterocycles. The Kier molecular flexibility index (Phi) is 7.00. The molecule has 0 radical (unpaired) electrons. The molecule has 2 aromatic rings. The Morgan fingerprint density at radius 3 is 2.85 bits per heavy atom. The Morgan fingerprint density at radius 2 is 2.27 bits per heavy atom. The molecule has 1 amide bonds. The van der Waals surface area contributed by atoms with Gasteiger partial charge < -0.3 is 20.5 Å². The highest BCUT2D eigenvalue weighted by Crippen LogP contribution is 2.34. The first-order valence-corrected chi connectivity index (χ1v) is 9.17. The largest absolute Gasteiger partial charge is 0.496 e. The van der Waals surface area contributed by atoms with Crippen molar-refractivity contribution < 1.29 is 14.6 Å². The molecular formula is C18H24ClN3O3S. The molecule has 3 rings (SSSR count). The lowest BCUT2D eigenvalue weighted by Crippen LogP contribution is -2.41. The minimum absolute atomic E-state index is 0. The number of halogens is 1. The Balaban J connectivity index is 0.00000243. The SMILES string of the molecule is COc1cc(-c2scnc2C)ccc1[C@H](C)NC(=O)[C@@H]1C[C@@H](O)CN1.Cl. The Morgan fingerprint density at radius 1 is 1.50 bits per heavy atom. The number of carbonyl (C=O) groups excluding carboxylic acids is 1. The number of amides is 1. The van der Waals surface area contributed by atoms with E-state index >= 15 is 0 Å². The summed E-state index contributed by atoms with van der Waals surface area (Å²) in [4.78, 5) is 17.7. The molecule has 0 unspecified atom stereocenters. The van der Waals surface area contributed by atoms with Gasteiger partial charge >= 0.3 is 0 Å². The van der Waals surface area contributed by atoms with Crippen molar-refractivity contribution in [3.63, 3.8) is 0 Å². The number of hydrogen-bond donors (Lipinski definition) is 3. The molecule has 3 atom stereocenters. The lowest BCUT2D eigenvalue weighted by Gasteiger charge is -2.20. The third-order valence-corrected chi connectivity index (χ3v) is 5.47. The summed E-state index contributed by atoms with van der Waals surface area (Å²) in [5.74, 6) is 0.631. The molecule has 1 aliphatic heterocycles. The minimum atomic E-state index is -0.456. The van der Waals surface area contributed by atoms with E-state index in [1.807, 2.05) is 37.6 Å². The average Bonchev–Trinajstić information content (AvgIpc) is 3.22. The van der Waals surface area contributed by atoms with E-state index in [4.69, 9.17) is 4.74 Å². The van der Waals surface area contributed by atoms with Crippen molar-refractivity contribution in [1.82, 2.24) is 15.6 Å². The van der Waals surface area contributed by atoms with E-state index in [0.717, 1.165) is 27.4 Å². The van der Waals surface area contributed by atoms with Gasteiger partial charge in [-0.3, -0.25) is 4.79 Å². The Hall–Kier alpha value is -1.67. The molecule has 1 aliphatic rings. The van der Waals surface area contributed by atoms with Gasteiger partial charge in [0.25, 0.3) is 0 Å². The number of aromatic nitrogens is 1. The summed E-state index contributed by atoms with van der Waals surface area (Å²) < 4.78 is 5.55. The monoisotopic (exact) mass is 397 g/mol. The molecule has 0 saturated carbocycles. The number of benzene rings is 1. The Labute approximate surface area is 163 Å². The number of aryl methyl sites for hydroxylation is 1. The second kappa shape index (κ2) is 8.81. The molecule has 1 fully saturated rings. The van der Waals surface area contributed by atoms with Crippen molar-refractivity contribution in [2.45, 2.75) is 38.5 Å². The number of aliphatic hydroxyl groups excluding tert-OH is 1. The molecule has 26 heavy (non-hydrogen) atoms. The number of β-amino-alcohol motifs (C(OH)–C–C–N with tert-alkyl or cyclic N) is 1. The van der Waals surface area contributed by atoms with E-state index in [1.165, 1.54) is 0 Å². The quantitative estimate of drug-likeness (QED) is 0.721. The number of nitrogens with one attached hydrogen (secondary N) is 2. The number of carbonyl (C=O) groups is 1. The number of thiazole rings is 1. The van der Waals surface area contributed by atoms with Crippen molar-refractivity contribution >= 4 is 29.7 Å². The summed E-state index contributed by atoms with van der Waals surface area (Å²) >= 11 is 1.60. The highest BCUT2D eigenvalue weighted by molar-refractivity contribution is 7.13. The van der Waals surface area contributed by atoms with E-state index in [1.54, 1.807) is 18.4 Å². The fraction of sp³-hybridized carbons (Fsp3) is 0.444. The average molecular weight is 398 g/mol. The number of aliphatic hydroxyl groups is 1. The van der Waals surface area contributed by atoms with E-state index < -0.39 is 6.10 Å². The van der Waals surface area contributed by atoms with E-state index in [0.29, 0.717) is 13.0 Å². The second-order valence-electron chi connectivity index (χ2n) is 6.30. The molecule has 3 N–H and O–H groups in total. The lowest BCUT2D eigenvalue weighted by molar-refractivity contribution is -0.123. The molecule has 2 heterocycles. The first-order chi connectivity index (χ1) is 12.0. The number of hydrogen-bond acceptors (Lipinski definition) is 6. The van der Waals surface area contributed by atoms with Crippen molar-refractivity contribution in [2.75, 3.05) is 13.7 Å². The number of nitrogens with zero attached hydrogens (tertiary/aromatic N) is 1. The van der Waals surface area contributed by atoms with Crippen LogP contribution in [0.1, 0.15) is 30.6 Å². The van der Waals surface area contributed by atoms with Crippen LogP contribution in [-0.4, -0.2) is 41.8 Å². The van der Waals surface area contributed by atoms with Crippen LogP contribution in [-0.2, 0) is 4.79 Å². The van der Waals surface area contributed by atoms with Gasteiger partial charge in [0.1, 0.15) is 5.75 Å². The summed E-state index contributed by atoms with van der Waals surface area (Å²) in [7, 11) is 1.63. The summed E-state index contributed by atoms with van der Waals surface area (Å²) in [5, 5.41) is 15.6. The van der Waals surface area contributed by atoms with Gasteiger partial charge in [-0.1, -0.05) is 12.1 Å². The maximum Gasteiger partial charge on any atom is 0.237 e. The van der Waals surface area contributed by atoms with Crippen LogP contribution in [0.2, 0.25) is 0 Å². The van der Waals surface area contributed by atoms with Gasteiger partial charge in [-0.25, -0.2) is 4.98 Å². The summed E-state index contributed by atoms with van der Waals surface area (Å²) in [6.07, 6.45) is -0.0123. The topological polar surface area (TPSA) is 83.5 Å². The maximum absolute atomic E-state index is 12.3. The maximum atomic E-state index is 12.3. The minimum Gasteiger partial charge on any atom is -0.496 e. The smallest absolute Gasteiger partial charge is 0.237 e. The predicted molar refractivity (Wildman–Crippen MR) is 105 cm³/mol. The van der Waals surface area contributed by atoms with E-state index in [9.17, 15) is 9.90 Å². The van der Waals surface area contributed by atoms with Crippen LogP contribution in [0.5, 0.6) is 5.75 Å². The van der Waals surface area contributed by atoms with Gasteiger partial charge in [-0.05, 0) is 31.9 Å². The lowest BCUT2D eigenvalue weighted by atomic mass is 10.0. The molecule has 1 aromatic carbocycles. The third-order valence-electron chi connectivity index (χ3n) is 4.49. The first-order valence-electron chi connectivity index (χ1n) is 8.29. The highest BCUT2D eigenvalue weighted by atomic mass is 35.5. The second-order valence-corrected chi connectivity index (χ2v) is 7.16. The molecule has 8 heteroatoms. The van der Waals surface area contributed by atoms with E-state index in [-0.39, 0.29) is 30.4 Å². The van der Waals surface area contributed by atoms with Crippen LogP contribution in [0.4, 0.5) is 0 Å². The highest BCUT2D eigenvalue weighted by Gasteiger charge is 2.29. The number of rotatable bonds is 5. The Bertz CT molecular complexity index is 768. The first kappa shape index (κ1) is 20.6. The predicted octanol–water partition coefficient (Wildman–Crippen LogP) is 2.45. The van der Waals surface area contributed by atoms with Crippen LogP contribution in [0, 0.1) is 6.92 Å². The van der Waals surface area contributed by atoms with Crippen LogP contribution in [0.25, 0.3) is 10.4 Å². The van der Waals surface area contributed by atoms with Gasteiger partial charge in [-0.2, -0.15) is 0 Å². The molecule has 0 bridgehead atoms. The van der Waals surface area contributed by atoms with Crippen LogP contribution in [0.15, 0.2) is 23.7 Å². The van der Waals surface area contributed by atoms with Gasteiger partial charge in [0.15, 0.2) is 0 Å². The van der Waals surface area contributed by atoms with Crippen molar-refractivity contribution in [3.8, 4) is 16.2 Å². The van der Waals surface area contributed by atoms with Gasteiger partial charge in [-0.15, -0.1) is 23.7 Å². The van der Waals surface area contributed by atoms with Gasteiger partial charge in [0.05, 0.1) is 41.4 Å². The summed E-state index contributed by atoms with van der Waals surface area (Å²) in [6, 6.07) is 5.45. The van der Waals surface area contributed by atoms with Crippen molar-refractivity contribution in [2.24, 2.45) is 0 Å². The molecule has 0 aliphatic carbocycles. The molecule has 1 saturated heterocycles. The molecule has 142 valence electrons. The zero-order valence-corrected chi connectivity index (χ0v) is 16.6. The fourth-order valence-electron chi connectivity index (χ4n) is 3.10. The summed E-state index contributed by atoms with van der Waals surface area (Å²) in [5.41, 5.74) is 4.80. The van der Waals surface area contributed by atoms with Crippen molar-refractivity contribution in [3.05, 3.63) is 35.0 Å². The van der Waals surface area contributed by atoms with Crippen molar-refractivity contribution in [1.29, 1.82) is 0 Å². The number of ether oxygens (including phenoxy) is 1. The normalized spacial score (nSPS) is 20.3. The van der Waals surface area contributed by atoms with Crippen LogP contribution >= 0.6 is 23.7 Å². The fourth-order valence-corrected chi connectivity index (χ4v) is 3.90. The van der Waals surface area contributed by atoms with E-state index in [2.05, 4.69) is 15.6 Å². The van der Waals surface area contributed by atoms with Gasteiger partial charge in [0.2, 0.25) is 5.91 Å². The third kappa shape index (κ3) is 4.35. The van der Waals surface area contributed by atoms with Crippen LogP contribution in [0.3, 0.4) is 0 Å². The summed E-state index contributed by atoms with van der Waals surface area (Å²) in [6.45, 7) is 4.37. The number of methoxy groups -OCH3 is 1. The molecule has 6 nitrogen and oxygen atoms in total. The zero-order chi connectivity index (χ0) is 18.0.